The number of urea groups is 1. The number of alkyl halides is 3. The summed E-state index contributed by atoms with van der Waals surface area (Å²) >= 11 is 0. The highest BCUT2D eigenvalue weighted by molar-refractivity contribution is 5.74. The van der Waals surface area contributed by atoms with E-state index in [1.165, 1.54) is 9.80 Å². The molecule has 1 aliphatic heterocycles. The predicted octanol–water partition coefficient (Wildman–Crippen LogP) is 1.04. The molecule has 2 N–H and O–H groups in total. The van der Waals surface area contributed by atoms with Crippen LogP contribution in [0.3, 0.4) is 0 Å². The average Bonchev–Trinajstić information content (AvgIpc) is 2.73. The number of halogens is 3. The standard InChI is InChI=1S/C12H22F3N3O2/c1-2-4-18(6-7-19)11(20)16-10-3-5-17(8-10)9-12(13,14)15/h10,19H,2-9H2,1H3,(H,16,20). The van der Waals surface area contributed by atoms with Crippen LogP contribution in [0.25, 0.3) is 0 Å². The molecule has 0 aromatic carbocycles. The van der Waals surface area contributed by atoms with E-state index in [-0.39, 0.29) is 31.8 Å². The lowest BCUT2D eigenvalue weighted by Gasteiger charge is -2.24. The van der Waals surface area contributed by atoms with Gasteiger partial charge >= 0.3 is 12.2 Å². The van der Waals surface area contributed by atoms with Crippen LogP contribution < -0.4 is 5.32 Å². The summed E-state index contributed by atoms with van der Waals surface area (Å²) < 4.78 is 36.8. The van der Waals surface area contributed by atoms with E-state index in [2.05, 4.69) is 5.32 Å². The molecule has 0 aromatic rings. The van der Waals surface area contributed by atoms with E-state index in [1.54, 1.807) is 0 Å². The number of nitrogens with one attached hydrogen (secondary N) is 1. The number of carbonyl (C=O) groups excluding carboxylic acids is 1. The summed E-state index contributed by atoms with van der Waals surface area (Å²) in [5, 5.41) is 11.6. The summed E-state index contributed by atoms with van der Waals surface area (Å²) in [6, 6.07) is -0.581. The Labute approximate surface area is 116 Å². The number of likely N-dealkylation sites (tertiary alicyclic amines) is 1. The zero-order valence-electron chi connectivity index (χ0n) is 11.6. The van der Waals surface area contributed by atoms with Crippen LogP contribution in [0.2, 0.25) is 0 Å². The van der Waals surface area contributed by atoms with Crippen molar-refractivity contribution in [2.75, 3.05) is 39.3 Å². The van der Waals surface area contributed by atoms with Gasteiger partial charge in [0.25, 0.3) is 0 Å². The summed E-state index contributed by atoms with van der Waals surface area (Å²) in [5.74, 6) is 0. The molecule has 0 bridgehead atoms. The maximum absolute atomic E-state index is 12.3. The SMILES string of the molecule is CCCN(CCO)C(=O)NC1CCN(CC(F)(F)F)C1. The van der Waals surface area contributed by atoms with E-state index < -0.39 is 12.7 Å². The lowest BCUT2D eigenvalue weighted by molar-refractivity contribution is -0.143. The molecule has 1 aliphatic rings. The van der Waals surface area contributed by atoms with Crippen molar-refractivity contribution in [1.29, 1.82) is 0 Å². The van der Waals surface area contributed by atoms with Crippen molar-refractivity contribution in [3.63, 3.8) is 0 Å². The van der Waals surface area contributed by atoms with Crippen LogP contribution in [-0.2, 0) is 0 Å². The van der Waals surface area contributed by atoms with Crippen LogP contribution >= 0.6 is 0 Å². The van der Waals surface area contributed by atoms with Crippen LogP contribution in [0.5, 0.6) is 0 Å². The molecule has 1 saturated heterocycles. The minimum Gasteiger partial charge on any atom is -0.395 e. The van der Waals surface area contributed by atoms with E-state index >= 15 is 0 Å². The van der Waals surface area contributed by atoms with Gasteiger partial charge in [-0.3, -0.25) is 4.90 Å². The predicted molar refractivity (Wildman–Crippen MR) is 68.4 cm³/mol. The number of aliphatic hydroxyl groups excluding tert-OH is 1. The van der Waals surface area contributed by atoms with Gasteiger partial charge in [0.05, 0.1) is 13.2 Å². The summed E-state index contributed by atoms with van der Waals surface area (Å²) in [4.78, 5) is 14.7. The number of aliphatic hydroxyl groups is 1. The van der Waals surface area contributed by atoms with Gasteiger partial charge in [-0.25, -0.2) is 4.79 Å². The molecule has 1 rings (SSSR count). The zero-order valence-corrected chi connectivity index (χ0v) is 11.6. The molecule has 0 radical (unpaired) electrons. The number of rotatable bonds is 6. The molecular weight excluding hydrogens is 275 g/mol. The molecule has 1 unspecified atom stereocenters. The lowest BCUT2D eigenvalue weighted by atomic mass is 10.3. The molecule has 1 heterocycles. The number of carbonyl (C=O) groups is 1. The molecule has 118 valence electrons. The number of hydrogen-bond donors (Lipinski definition) is 2. The molecule has 8 heteroatoms. The average molecular weight is 297 g/mol. The van der Waals surface area contributed by atoms with E-state index in [1.807, 2.05) is 6.92 Å². The molecule has 0 aromatic heterocycles. The van der Waals surface area contributed by atoms with E-state index in [0.717, 1.165) is 6.42 Å². The Bertz CT molecular complexity index is 307. The molecule has 1 fully saturated rings. The third kappa shape index (κ3) is 5.96. The first-order valence-electron chi connectivity index (χ1n) is 6.81. The Balaban J connectivity index is 2.39. The molecule has 0 aliphatic carbocycles. The fourth-order valence-corrected chi connectivity index (χ4v) is 2.32. The highest BCUT2D eigenvalue weighted by atomic mass is 19.4. The summed E-state index contributed by atoms with van der Waals surface area (Å²) in [6.45, 7) is 2.15. The molecule has 5 nitrogen and oxygen atoms in total. The third-order valence-electron chi connectivity index (χ3n) is 3.15. The molecule has 1 atom stereocenters. The van der Waals surface area contributed by atoms with Crippen LogP contribution in [0, 0.1) is 0 Å². The number of amides is 2. The van der Waals surface area contributed by atoms with Gasteiger partial charge in [-0.05, 0) is 12.8 Å². The molecule has 2 amide bonds. The lowest BCUT2D eigenvalue weighted by Crippen LogP contribution is -2.47. The van der Waals surface area contributed by atoms with Crippen molar-refractivity contribution in [3.05, 3.63) is 0 Å². The maximum atomic E-state index is 12.3. The van der Waals surface area contributed by atoms with E-state index in [0.29, 0.717) is 19.5 Å². The molecule has 20 heavy (non-hydrogen) atoms. The minimum atomic E-state index is -4.20. The van der Waals surface area contributed by atoms with Crippen molar-refractivity contribution in [2.24, 2.45) is 0 Å². The Kier molecular flexibility index (Phi) is 6.54. The van der Waals surface area contributed by atoms with Crippen molar-refractivity contribution >= 4 is 6.03 Å². The van der Waals surface area contributed by atoms with Gasteiger partial charge in [0, 0.05) is 32.2 Å². The van der Waals surface area contributed by atoms with Gasteiger partial charge in [-0.15, -0.1) is 0 Å². The van der Waals surface area contributed by atoms with Crippen molar-refractivity contribution in [1.82, 2.24) is 15.1 Å². The van der Waals surface area contributed by atoms with E-state index in [9.17, 15) is 18.0 Å². The molecule has 0 spiro atoms. The van der Waals surface area contributed by atoms with Gasteiger partial charge in [0.1, 0.15) is 0 Å². The highest BCUT2D eigenvalue weighted by Gasteiger charge is 2.34. The first-order chi connectivity index (χ1) is 9.35. The Morgan fingerprint density at radius 1 is 1.45 bits per heavy atom. The summed E-state index contributed by atoms with van der Waals surface area (Å²) in [5.41, 5.74) is 0. The fraction of sp³-hybridized carbons (Fsp3) is 0.917. The Hall–Kier alpha value is -1.02. The zero-order chi connectivity index (χ0) is 15.2. The topological polar surface area (TPSA) is 55.8 Å². The third-order valence-corrected chi connectivity index (χ3v) is 3.15. The second-order valence-electron chi connectivity index (χ2n) is 5.00. The minimum absolute atomic E-state index is 0.127. The normalized spacial score (nSPS) is 20.1. The van der Waals surface area contributed by atoms with Crippen LogP contribution in [-0.4, -0.2) is 72.5 Å². The van der Waals surface area contributed by atoms with Crippen molar-refractivity contribution < 1.29 is 23.1 Å². The van der Waals surface area contributed by atoms with Gasteiger partial charge in [-0.2, -0.15) is 13.2 Å². The van der Waals surface area contributed by atoms with Crippen LogP contribution in [0.4, 0.5) is 18.0 Å². The quantitative estimate of drug-likeness (QED) is 0.770. The fourth-order valence-electron chi connectivity index (χ4n) is 2.32. The number of hydrogen-bond acceptors (Lipinski definition) is 3. The maximum Gasteiger partial charge on any atom is 0.401 e. The largest absolute Gasteiger partial charge is 0.401 e. The first-order valence-corrected chi connectivity index (χ1v) is 6.81. The van der Waals surface area contributed by atoms with Crippen molar-refractivity contribution in [3.8, 4) is 0 Å². The Morgan fingerprint density at radius 3 is 2.70 bits per heavy atom. The smallest absolute Gasteiger partial charge is 0.395 e. The van der Waals surface area contributed by atoms with Crippen LogP contribution in [0.1, 0.15) is 19.8 Å². The second-order valence-corrected chi connectivity index (χ2v) is 5.00. The molecule has 0 saturated carbocycles. The van der Waals surface area contributed by atoms with Crippen molar-refractivity contribution in [2.45, 2.75) is 32.0 Å². The number of nitrogens with zero attached hydrogens (tertiary/aromatic N) is 2. The summed E-state index contributed by atoms with van der Waals surface area (Å²) in [7, 11) is 0. The summed E-state index contributed by atoms with van der Waals surface area (Å²) in [6.07, 6.45) is -2.93. The van der Waals surface area contributed by atoms with Gasteiger partial charge < -0.3 is 15.3 Å². The Morgan fingerprint density at radius 2 is 2.15 bits per heavy atom. The van der Waals surface area contributed by atoms with Gasteiger partial charge in [-0.1, -0.05) is 6.92 Å². The van der Waals surface area contributed by atoms with Crippen LogP contribution in [0.15, 0.2) is 0 Å². The van der Waals surface area contributed by atoms with Gasteiger partial charge in [0.2, 0.25) is 0 Å². The highest BCUT2D eigenvalue weighted by Crippen LogP contribution is 2.20. The van der Waals surface area contributed by atoms with E-state index in [4.69, 9.17) is 5.11 Å². The first kappa shape index (κ1) is 17.0. The monoisotopic (exact) mass is 297 g/mol. The van der Waals surface area contributed by atoms with Gasteiger partial charge in [0.15, 0.2) is 0 Å². The molecular formula is C12H22F3N3O2. The second kappa shape index (κ2) is 7.68.